The number of H-pyrrole nitrogens is 1. The average Bonchev–Trinajstić information content (AvgIpc) is 2.86. The van der Waals surface area contributed by atoms with Gasteiger partial charge in [0, 0.05) is 5.56 Å². The third-order valence-electron chi connectivity index (χ3n) is 3.06. The molecule has 0 saturated heterocycles. The molecule has 0 unspecified atom stereocenters. The van der Waals surface area contributed by atoms with Crippen molar-refractivity contribution in [1.29, 1.82) is 0 Å². The lowest BCUT2D eigenvalue weighted by atomic mass is 10.1. The molecular formula is C16H18N2O4. The van der Waals surface area contributed by atoms with Crippen molar-refractivity contribution in [2.75, 3.05) is 18.9 Å². The Balaban J connectivity index is 2.56. The van der Waals surface area contributed by atoms with Crippen LogP contribution in [0.5, 0.6) is 0 Å². The van der Waals surface area contributed by atoms with Crippen LogP contribution in [0, 0.1) is 0 Å². The van der Waals surface area contributed by atoms with Gasteiger partial charge in [0.05, 0.1) is 24.6 Å². The summed E-state index contributed by atoms with van der Waals surface area (Å²) in [7, 11) is 0. The fourth-order valence-electron chi connectivity index (χ4n) is 2.12. The first kappa shape index (κ1) is 15.6. The SMILES string of the molecule is CCOC(=O)c1[nH]c(-c2ccccc2)c(N)c1C(=O)OCC. The van der Waals surface area contributed by atoms with Gasteiger partial charge in [-0.05, 0) is 13.8 Å². The molecule has 0 spiro atoms. The minimum atomic E-state index is -0.651. The molecule has 0 saturated carbocycles. The zero-order valence-corrected chi connectivity index (χ0v) is 12.5. The second-order valence-electron chi connectivity index (χ2n) is 4.47. The Bertz CT molecular complexity index is 677. The predicted octanol–water partition coefficient (Wildman–Crippen LogP) is 2.62. The molecule has 0 aliphatic carbocycles. The van der Waals surface area contributed by atoms with Crippen LogP contribution in [0.15, 0.2) is 30.3 Å². The van der Waals surface area contributed by atoms with E-state index in [1.807, 2.05) is 30.3 Å². The van der Waals surface area contributed by atoms with Gasteiger partial charge in [-0.25, -0.2) is 9.59 Å². The molecular weight excluding hydrogens is 284 g/mol. The summed E-state index contributed by atoms with van der Waals surface area (Å²) >= 11 is 0. The van der Waals surface area contributed by atoms with Crippen LogP contribution in [0.4, 0.5) is 5.69 Å². The highest BCUT2D eigenvalue weighted by molar-refractivity contribution is 6.09. The third-order valence-corrected chi connectivity index (χ3v) is 3.06. The molecule has 0 atom stereocenters. The summed E-state index contributed by atoms with van der Waals surface area (Å²) in [4.78, 5) is 27.1. The maximum atomic E-state index is 12.1. The number of nitrogens with one attached hydrogen (secondary N) is 1. The molecule has 116 valence electrons. The van der Waals surface area contributed by atoms with Gasteiger partial charge in [0.15, 0.2) is 0 Å². The standard InChI is InChI=1S/C16H18N2O4/c1-3-21-15(19)11-12(17)13(10-8-6-5-7-9-10)18-14(11)16(20)22-4-2/h5-9,18H,3-4,17H2,1-2H3. The molecule has 0 aliphatic rings. The van der Waals surface area contributed by atoms with Crippen LogP contribution in [-0.2, 0) is 9.47 Å². The van der Waals surface area contributed by atoms with Crippen molar-refractivity contribution in [3.8, 4) is 11.3 Å². The molecule has 0 amide bonds. The fourth-order valence-corrected chi connectivity index (χ4v) is 2.12. The van der Waals surface area contributed by atoms with E-state index in [2.05, 4.69) is 4.98 Å². The van der Waals surface area contributed by atoms with Crippen LogP contribution in [0.3, 0.4) is 0 Å². The van der Waals surface area contributed by atoms with E-state index in [1.165, 1.54) is 0 Å². The first-order valence-corrected chi connectivity index (χ1v) is 7.01. The van der Waals surface area contributed by atoms with Crippen LogP contribution in [0.25, 0.3) is 11.3 Å². The number of carbonyl (C=O) groups is 2. The fraction of sp³-hybridized carbons (Fsp3) is 0.250. The van der Waals surface area contributed by atoms with Crippen molar-refractivity contribution in [2.24, 2.45) is 0 Å². The highest BCUT2D eigenvalue weighted by Gasteiger charge is 2.28. The van der Waals surface area contributed by atoms with Crippen molar-refractivity contribution in [3.05, 3.63) is 41.6 Å². The third kappa shape index (κ3) is 2.95. The first-order valence-electron chi connectivity index (χ1n) is 7.01. The lowest BCUT2D eigenvalue weighted by Crippen LogP contribution is -2.14. The van der Waals surface area contributed by atoms with Crippen LogP contribution in [0.2, 0.25) is 0 Å². The number of aromatic amines is 1. The monoisotopic (exact) mass is 302 g/mol. The molecule has 2 rings (SSSR count). The van der Waals surface area contributed by atoms with E-state index in [9.17, 15) is 9.59 Å². The maximum Gasteiger partial charge on any atom is 0.355 e. The summed E-state index contributed by atoms with van der Waals surface area (Å²) in [6.45, 7) is 3.75. The second-order valence-corrected chi connectivity index (χ2v) is 4.47. The van der Waals surface area contributed by atoms with Crippen LogP contribution < -0.4 is 5.73 Å². The highest BCUT2D eigenvalue weighted by atomic mass is 16.5. The summed E-state index contributed by atoms with van der Waals surface area (Å²) in [5.74, 6) is -1.29. The first-order chi connectivity index (χ1) is 10.6. The average molecular weight is 302 g/mol. The normalized spacial score (nSPS) is 10.3. The molecule has 1 heterocycles. The lowest BCUT2D eigenvalue weighted by molar-refractivity contribution is 0.0476. The van der Waals surface area contributed by atoms with Crippen molar-refractivity contribution in [2.45, 2.75) is 13.8 Å². The molecule has 0 fully saturated rings. The van der Waals surface area contributed by atoms with E-state index in [-0.39, 0.29) is 30.2 Å². The molecule has 1 aromatic heterocycles. The number of hydrogen-bond acceptors (Lipinski definition) is 5. The molecule has 3 N–H and O–H groups in total. The summed E-state index contributed by atoms with van der Waals surface area (Å²) in [6.07, 6.45) is 0. The summed E-state index contributed by atoms with van der Waals surface area (Å²) in [5, 5.41) is 0. The Hall–Kier alpha value is -2.76. The largest absolute Gasteiger partial charge is 0.462 e. The van der Waals surface area contributed by atoms with E-state index in [1.54, 1.807) is 13.8 Å². The number of aromatic nitrogens is 1. The molecule has 0 radical (unpaired) electrons. The van der Waals surface area contributed by atoms with Gasteiger partial charge in [0.2, 0.25) is 0 Å². The highest BCUT2D eigenvalue weighted by Crippen LogP contribution is 2.31. The quantitative estimate of drug-likeness (QED) is 0.828. The van der Waals surface area contributed by atoms with Gasteiger partial charge in [-0.15, -0.1) is 0 Å². The molecule has 1 aromatic carbocycles. The molecule has 0 bridgehead atoms. The van der Waals surface area contributed by atoms with Gasteiger partial charge in [-0.2, -0.15) is 0 Å². The van der Waals surface area contributed by atoms with E-state index in [0.29, 0.717) is 5.69 Å². The molecule has 2 aromatic rings. The molecule has 0 aliphatic heterocycles. The Labute approximate surface area is 128 Å². The van der Waals surface area contributed by atoms with Gasteiger partial charge in [0.1, 0.15) is 11.3 Å². The maximum absolute atomic E-state index is 12.1. The Morgan fingerprint density at radius 1 is 1.05 bits per heavy atom. The Kier molecular flexibility index (Phi) is 4.83. The van der Waals surface area contributed by atoms with E-state index < -0.39 is 11.9 Å². The smallest absolute Gasteiger partial charge is 0.355 e. The molecule has 22 heavy (non-hydrogen) atoms. The Morgan fingerprint density at radius 3 is 2.23 bits per heavy atom. The number of hydrogen-bond donors (Lipinski definition) is 2. The van der Waals surface area contributed by atoms with Crippen LogP contribution in [-0.4, -0.2) is 30.1 Å². The van der Waals surface area contributed by atoms with Gasteiger partial charge in [0.25, 0.3) is 0 Å². The number of nitrogen functional groups attached to an aromatic ring is 1. The summed E-state index contributed by atoms with van der Waals surface area (Å²) in [5.41, 5.74) is 7.52. The Morgan fingerprint density at radius 2 is 1.64 bits per heavy atom. The zero-order valence-electron chi connectivity index (χ0n) is 12.5. The summed E-state index contributed by atoms with van der Waals surface area (Å²) in [6, 6.07) is 9.19. The zero-order chi connectivity index (χ0) is 16.1. The minimum absolute atomic E-state index is 0.0108. The topological polar surface area (TPSA) is 94.4 Å². The van der Waals surface area contributed by atoms with E-state index >= 15 is 0 Å². The van der Waals surface area contributed by atoms with Gasteiger partial charge in [-0.3, -0.25) is 0 Å². The number of esters is 2. The second kappa shape index (κ2) is 6.80. The van der Waals surface area contributed by atoms with E-state index in [4.69, 9.17) is 15.2 Å². The van der Waals surface area contributed by atoms with E-state index in [0.717, 1.165) is 5.56 Å². The lowest BCUT2D eigenvalue weighted by Gasteiger charge is -2.04. The number of rotatable bonds is 5. The van der Waals surface area contributed by atoms with Gasteiger partial charge < -0.3 is 20.2 Å². The van der Waals surface area contributed by atoms with Crippen molar-refractivity contribution in [3.63, 3.8) is 0 Å². The number of benzene rings is 1. The van der Waals surface area contributed by atoms with Gasteiger partial charge >= 0.3 is 11.9 Å². The van der Waals surface area contributed by atoms with Gasteiger partial charge in [-0.1, -0.05) is 30.3 Å². The predicted molar refractivity (Wildman–Crippen MR) is 82.6 cm³/mol. The van der Waals surface area contributed by atoms with Crippen molar-refractivity contribution in [1.82, 2.24) is 4.98 Å². The number of anilines is 1. The molecule has 6 heteroatoms. The van der Waals surface area contributed by atoms with Crippen molar-refractivity contribution >= 4 is 17.6 Å². The van der Waals surface area contributed by atoms with Crippen molar-refractivity contribution < 1.29 is 19.1 Å². The number of ether oxygens (including phenoxy) is 2. The number of carbonyl (C=O) groups excluding carboxylic acids is 2. The number of nitrogens with two attached hydrogens (primary N) is 1. The molecule has 6 nitrogen and oxygen atoms in total. The van der Waals surface area contributed by atoms with Crippen LogP contribution >= 0.6 is 0 Å². The van der Waals surface area contributed by atoms with Crippen LogP contribution in [0.1, 0.15) is 34.7 Å². The summed E-state index contributed by atoms with van der Waals surface area (Å²) < 4.78 is 9.95. The minimum Gasteiger partial charge on any atom is -0.462 e.